The molecule has 0 aliphatic carbocycles. The van der Waals surface area contributed by atoms with Gasteiger partial charge in [0.15, 0.2) is 5.82 Å². The Labute approximate surface area is 193 Å². The van der Waals surface area contributed by atoms with Gasteiger partial charge in [0.2, 0.25) is 5.95 Å². The minimum absolute atomic E-state index is 0.126. The van der Waals surface area contributed by atoms with Crippen LogP contribution in [0.5, 0.6) is 0 Å². The number of hydrogen-bond acceptors (Lipinski definition) is 5. The van der Waals surface area contributed by atoms with E-state index >= 15 is 0 Å². The van der Waals surface area contributed by atoms with E-state index in [0.29, 0.717) is 23.9 Å². The number of carbonyl (C=O) groups excluding carboxylic acids is 1. The second kappa shape index (κ2) is 9.54. The molecule has 0 aliphatic heterocycles. The minimum atomic E-state index is -4.46. The van der Waals surface area contributed by atoms with Gasteiger partial charge in [0.1, 0.15) is 6.54 Å². The quantitative estimate of drug-likeness (QED) is 0.337. The lowest BCUT2D eigenvalue weighted by atomic mass is 10.1. The summed E-state index contributed by atoms with van der Waals surface area (Å²) in [5.74, 6) is 0.224. The van der Waals surface area contributed by atoms with Crippen molar-refractivity contribution in [3.8, 4) is 11.4 Å². The second-order valence-corrected chi connectivity index (χ2v) is 7.91. The third-order valence-electron chi connectivity index (χ3n) is 5.39. The van der Waals surface area contributed by atoms with Gasteiger partial charge in [-0.15, -0.1) is 5.10 Å². The molecule has 178 valence electrons. The fourth-order valence-corrected chi connectivity index (χ4v) is 3.49. The van der Waals surface area contributed by atoms with Crippen molar-refractivity contribution in [1.29, 1.82) is 0 Å². The third-order valence-corrected chi connectivity index (χ3v) is 5.39. The summed E-state index contributed by atoms with van der Waals surface area (Å²) in [6, 6.07) is 10.0. The van der Waals surface area contributed by atoms with Crippen molar-refractivity contribution in [1.82, 2.24) is 30.3 Å². The Kier molecular flexibility index (Phi) is 6.53. The zero-order valence-electron chi connectivity index (χ0n) is 18.7. The highest BCUT2D eigenvalue weighted by molar-refractivity contribution is 5.94. The number of H-pyrrole nitrogens is 1. The van der Waals surface area contributed by atoms with Gasteiger partial charge in [-0.25, -0.2) is 4.68 Å². The smallest absolute Gasteiger partial charge is 0.343 e. The van der Waals surface area contributed by atoms with Gasteiger partial charge in [0, 0.05) is 28.7 Å². The van der Waals surface area contributed by atoms with Crippen LogP contribution in [-0.4, -0.2) is 43.6 Å². The van der Waals surface area contributed by atoms with E-state index in [4.69, 9.17) is 0 Å². The first-order chi connectivity index (χ1) is 16.2. The van der Waals surface area contributed by atoms with Crippen LogP contribution in [0.15, 0.2) is 42.6 Å². The Morgan fingerprint density at radius 1 is 1.15 bits per heavy atom. The number of unbranched alkanes of at least 4 members (excludes halogenated alkanes) is 1. The fraction of sp³-hybridized carbons (Fsp3) is 0.304. The largest absolute Gasteiger partial charge is 0.405 e. The first-order valence-electron chi connectivity index (χ1n) is 10.8. The molecule has 0 unspecified atom stereocenters. The molecule has 0 atom stereocenters. The molecule has 34 heavy (non-hydrogen) atoms. The van der Waals surface area contributed by atoms with E-state index < -0.39 is 18.6 Å². The van der Waals surface area contributed by atoms with Crippen LogP contribution < -0.4 is 10.6 Å². The molecule has 2 heterocycles. The maximum absolute atomic E-state index is 12.3. The number of nitrogens with one attached hydrogen (secondary N) is 3. The van der Waals surface area contributed by atoms with E-state index in [9.17, 15) is 18.0 Å². The highest BCUT2D eigenvalue weighted by atomic mass is 19.4. The van der Waals surface area contributed by atoms with Crippen LogP contribution >= 0.6 is 0 Å². The Morgan fingerprint density at radius 2 is 1.91 bits per heavy atom. The number of carbonyl (C=O) groups is 1. The van der Waals surface area contributed by atoms with Crippen LogP contribution in [-0.2, 0) is 6.54 Å². The number of aromatic nitrogens is 5. The van der Waals surface area contributed by atoms with Crippen molar-refractivity contribution in [2.75, 3.05) is 11.9 Å². The summed E-state index contributed by atoms with van der Waals surface area (Å²) in [4.78, 5) is 16.6. The highest BCUT2D eigenvalue weighted by Crippen LogP contribution is 2.27. The first kappa shape index (κ1) is 23.3. The number of aryl methyl sites for hydroxylation is 2. The van der Waals surface area contributed by atoms with E-state index in [1.54, 1.807) is 23.0 Å². The second-order valence-electron chi connectivity index (χ2n) is 7.91. The molecule has 0 radical (unpaired) electrons. The van der Waals surface area contributed by atoms with Crippen LogP contribution in [0.2, 0.25) is 0 Å². The topological polar surface area (TPSA) is 101 Å². The predicted octanol–water partition coefficient (Wildman–Crippen LogP) is 4.97. The van der Waals surface area contributed by atoms with E-state index in [1.165, 1.54) is 12.1 Å². The average Bonchev–Trinajstić information content (AvgIpc) is 3.45. The molecule has 8 nitrogen and oxygen atoms in total. The third kappa shape index (κ3) is 5.19. The van der Waals surface area contributed by atoms with E-state index in [1.807, 2.05) is 24.4 Å². The summed E-state index contributed by atoms with van der Waals surface area (Å²) in [7, 11) is 0. The molecule has 0 bridgehead atoms. The van der Waals surface area contributed by atoms with Gasteiger partial charge in [0.25, 0.3) is 5.91 Å². The number of anilines is 2. The summed E-state index contributed by atoms with van der Waals surface area (Å²) >= 11 is 0. The van der Waals surface area contributed by atoms with Crippen molar-refractivity contribution >= 4 is 28.4 Å². The normalized spacial score (nSPS) is 11.7. The molecule has 0 saturated heterocycles. The zero-order chi connectivity index (χ0) is 24.3. The Balaban J connectivity index is 1.58. The number of fused-ring (bicyclic) bond motifs is 1. The molecular weight excluding hydrogens is 447 g/mol. The lowest BCUT2D eigenvalue weighted by Gasteiger charge is -2.10. The molecule has 4 aromatic rings. The van der Waals surface area contributed by atoms with Crippen molar-refractivity contribution in [3.63, 3.8) is 0 Å². The van der Waals surface area contributed by atoms with Crippen molar-refractivity contribution in [2.45, 2.75) is 39.4 Å². The van der Waals surface area contributed by atoms with E-state index in [-0.39, 0.29) is 5.56 Å². The molecular formula is C23H24F3N7O. The number of halogens is 3. The lowest BCUT2D eigenvalue weighted by molar-refractivity contribution is -0.123. The summed E-state index contributed by atoms with van der Waals surface area (Å²) in [5, 5.41) is 17.9. The van der Waals surface area contributed by atoms with Crippen molar-refractivity contribution in [2.24, 2.45) is 0 Å². The van der Waals surface area contributed by atoms with Gasteiger partial charge < -0.3 is 10.6 Å². The molecule has 1 amide bonds. The molecule has 4 rings (SSSR count). The van der Waals surface area contributed by atoms with E-state index in [2.05, 4.69) is 32.5 Å². The van der Waals surface area contributed by atoms with Crippen LogP contribution in [0.1, 0.15) is 35.7 Å². The van der Waals surface area contributed by atoms with Crippen molar-refractivity contribution < 1.29 is 18.0 Å². The molecule has 0 spiro atoms. The monoisotopic (exact) mass is 471 g/mol. The standard InChI is InChI=1S/C23H24F3N7O/c1-3-4-11-33-22(29-18-9-10-19-17(14(18)2)12-28-31-19)30-20(32-33)15-5-7-16(8-6-15)21(34)27-13-23(24,25)26/h5-10,12H,3-4,11,13H2,1-2H3,(H,27,34)(H,28,31)(H,29,30,32). The maximum atomic E-state index is 12.3. The van der Waals surface area contributed by atoms with Gasteiger partial charge in [-0.2, -0.15) is 23.3 Å². The Morgan fingerprint density at radius 3 is 2.62 bits per heavy atom. The number of alkyl halides is 3. The molecule has 2 aromatic carbocycles. The van der Waals surface area contributed by atoms with Crippen LogP contribution in [0.4, 0.5) is 24.8 Å². The number of hydrogen-bond donors (Lipinski definition) is 3. The maximum Gasteiger partial charge on any atom is 0.405 e. The number of aromatic amines is 1. The number of nitrogens with zero attached hydrogens (tertiary/aromatic N) is 4. The van der Waals surface area contributed by atoms with Crippen LogP contribution in [0.3, 0.4) is 0 Å². The molecule has 3 N–H and O–H groups in total. The number of amides is 1. The van der Waals surface area contributed by atoms with Gasteiger partial charge in [0.05, 0.1) is 11.7 Å². The van der Waals surface area contributed by atoms with Gasteiger partial charge in [-0.05, 0) is 43.2 Å². The molecule has 2 aromatic heterocycles. The molecule has 0 fully saturated rings. The molecule has 0 aliphatic rings. The predicted molar refractivity (Wildman–Crippen MR) is 123 cm³/mol. The van der Waals surface area contributed by atoms with Crippen molar-refractivity contribution in [3.05, 3.63) is 53.7 Å². The molecule has 0 saturated carbocycles. The molecule has 11 heteroatoms. The average molecular weight is 471 g/mol. The summed E-state index contributed by atoms with van der Waals surface area (Å²) < 4.78 is 38.8. The zero-order valence-corrected chi connectivity index (χ0v) is 18.7. The summed E-state index contributed by atoms with van der Waals surface area (Å²) in [6.45, 7) is 3.37. The van der Waals surface area contributed by atoms with E-state index in [0.717, 1.165) is 35.0 Å². The van der Waals surface area contributed by atoms with Crippen LogP contribution in [0, 0.1) is 6.92 Å². The minimum Gasteiger partial charge on any atom is -0.343 e. The van der Waals surface area contributed by atoms with Crippen LogP contribution in [0.25, 0.3) is 22.3 Å². The SMILES string of the molecule is CCCCn1nc(-c2ccc(C(=O)NCC(F)(F)F)cc2)nc1Nc1ccc2[nH]ncc2c1C. The van der Waals surface area contributed by atoms with Gasteiger partial charge in [-0.1, -0.05) is 25.5 Å². The number of benzene rings is 2. The highest BCUT2D eigenvalue weighted by Gasteiger charge is 2.28. The van der Waals surface area contributed by atoms with Gasteiger partial charge >= 0.3 is 6.18 Å². The first-order valence-corrected chi connectivity index (χ1v) is 10.8. The lowest BCUT2D eigenvalue weighted by Crippen LogP contribution is -2.33. The fourth-order valence-electron chi connectivity index (χ4n) is 3.49. The Hall–Kier alpha value is -3.89. The Bertz CT molecular complexity index is 1290. The summed E-state index contributed by atoms with van der Waals surface area (Å²) in [5.41, 5.74) is 3.61. The van der Waals surface area contributed by atoms with Gasteiger partial charge in [-0.3, -0.25) is 9.89 Å². The number of rotatable bonds is 8. The summed E-state index contributed by atoms with van der Waals surface area (Å²) in [6.07, 6.45) is -0.795.